The Morgan fingerprint density at radius 1 is 0.873 bits per heavy atom. The molecule has 13 nitrogen and oxygen atoms in total. The molecule has 3 heterocycles. The number of benzene rings is 3. The van der Waals surface area contributed by atoms with Gasteiger partial charge < -0.3 is 14.0 Å². The molecule has 14 heteroatoms. The maximum absolute atomic E-state index is 13.6. The molecule has 0 amide bonds. The van der Waals surface area contributed by atoms with Gasteiger partial charge in [0.2, 0.25) is 0 Å². The fourth-order valence-corrected chi connectivity index (χ4v) is 8.57. The van der Waals surface area contributed by atoms with Crippen molar-refractivity contribution in [3.63, 3.8) is 0 Å². The molecule has 3 aromatic carbocycles. The van der Waals surface area contributed by atoms with Crippen molar-refractivity contribution in [1.29, 1.82) is 0 Å². The Bertz CT molecular complexity index is 2120. The lowest BCUT2D eigenvalue weighted by Gasteiger charge is -2.37. The van der Waals surface area contributed by atoms with Crippen molar-refractivity contribution in [3.05, 3.63) is 152 Å². The second-order valence-corrected chi connectivity index (χ2v) is 15.8. The third-order valence-corrected chi connectivity index (χ3v) is 12.1. The van der Waals surface area contributed by atoms with Crippen molar-refractivity contribution in [2.75, 3.05) is 32.0 Å². The second-order valence-electron chi connectivity index (χ2n) is 14.1. The maximum Gasteiger partial charge on any atom is 0.330 e. The number of H-pyrrole nitrogens is 1. The number of nitrogens with one attached hydrogen (secondary N) is 1. The molecule has 292 valence electrons. The van der Waals surface area contributed by atoms with E-state index in [0.717, 1.165) is 53.0 Å². The van der Waals surface area contributed by atoms with Gasteiger partial charge >= 0.3 is 5.69 Å². The Morgan fingerprint density at radius 2 is 1.44 bits per heavy atom. The van der Waals surface area contributed by atoms with Crippen LogP contribution in [0.5, 0.6) is 0 Å². The average Bonchev–Trinajstić information content (AvgIpc) is 3.82. The molecular weight excluding hydrogens is 721 g/mol. The number of aryl methyl sites for hydroxylation is 2. The Labute approximate surface area is 322 Å². The molecular formula is C41H51N6O7S+. The molecule has 1 N–H and O–H groups in total. The van der Waals surface area contributed by atoms with Gasteiger partial charge in [0, 0.05) is 24.7 Å². The molecule has 1 aliphatic heterocycles. The Hall–Kier alpha value is -4.73. The summed E-state index contributed by atoms with van der Waals surface area (Å²) in [7, 11) is -4.09. The summed E-state index contributed by atoms with van der Waals surface area (Å²) in [5, 5.41) is 8.60. The quantitative estimate of drug-likeness (QED) is 0.0746. The van der Waals surface area contributed by atoms with Crippen molar-refractivity contribution in [2.24, 2.45) is 0 Å². The SMILES string of the molecule is CC[N+](CC)(CC)Cc1cn(CCCS(=O)(=O)O[C@@H]2C[C@H](n3cc(C)c(=O)[nH]c3=O)O[C@@H]2COC(c2ccccc2)(c2ccccc2)c2ccccc2)nn1. The minimum Gasteiger partial charge on any atom is -0.358 e. The predicted octanol–water partition coefficient (Wildman–Crippen LogP) is 4.91. The van der Waals surface area contributed by atoms with Crippen LogP contribution in [0.1, 0.15) is 67.8 Å². The monoisotopic (exact) mass is 771 g/mol. The van der Waals surface area contributed by atoms with Crippen LogP contribution >= 0.6 is 0 Å². The summed E-state index contributed by atoms with van der Waals surface area (Å²) in [6.07, 6.45) is 0.719. The summed E-state index contributed by atoms with van der Waals surface area (Å²) < 4.78 is 50.4. The van der Waals surface area contributed by atoms with Gasteiger partial charge in [-0.05, 0) is 50.8 Å². The summed E-state index contributed by atoms with van der Waals surface area (Å²) >= 11 is 0. The van der Waals surface area contributed by atoms with E-state index in [4.69, 9.17) is 13.7 Å². The van der Waals surface area contributed by atoms with E-state index < -0.39 is 45.4 Å². The van der Waals surface area contributed by atoms with Crippen LogP contribution in [0, 0.1) is 6.92 Å². The summed E-state index contributed by atoms with van der Waals surface area (Å²) in [6.45, 7) is 12.0. The van der Waals surface area contributed by atoms with E-state index in [0.29, 0.717) is 12.1 Å². The largest absolute Gasteiger partial charge is 0.358 e. The average molecular weight is 772 g/mol. The normalized spacial score (nSPS) is 17.8. The molecule has 0 saturated carbocycles. The molecule has 5 aromatic rings. The minimum atomic E-state index is -4.09. The third-order valence-electron chi connectivity index (χ3n) is 10.8. The molecule has 0 aliphatic carbocycles. The van der Waals surface area contributed by atoms with Gasteiger partial charge in [-0.25, -0.2) is 4.79 Å². The van der Waals surface area contributed by atoms with Gasteiger partial charge in [-0.1, -0.05) is 96.2 Å². The zero-order chi connectivity index (χ0) is 39.1. The molecule has 2 aromatic heterocycles. The Balaban J connectivity index is 1.25. The highest BCUT2D eigenvalue weighted by Gasteiger charge is 2.44. The lowest BCUT2D eigenvalue weighted by atomic mass is 9.80. The molecule has 1 saturated heterocycles. The topological polar surface area (TPSA) is 147 Å². The fourth-order valence-electron chi connectivity index (χ4n) is 7.41. The summed E-state index contributed by atoms with van der Waals surface area (Å²) in [4.78, 5) is 27.5. The van der Waals surface area contributed by atoms with Crippen molar-refractivity contribution in [1.82, 2.24) is 24.5 Å². The number of nitrogens with zero attached hydrogens (tertiary/aromatic N) is 5. The first-order chi connectivity index (χ1) is 26.5. The van der Waals surface area contributed by atoms with E-state index in [1.807, 2.05) is 97.2 Å². The van der Waals surface area contributed by atoms with Gasteiger partial charge in [-0.2, -0.15) is 8.42 Å². The number of quaternary nitrogens is 1. The molecule has 55 heavy (non-hydrogen) atoms. The number of hydrogen-bond donors (Lipinski definition) is 1. The number of ether oxygens (including phenoxy) is 2. The van der Waals surface area contributed by atoms with E-state index in [9.17, 15) is 18.0 Å². The lowest BCUT2D eigenvalue weighted by molar-refractivity contribution is -0.936. The van der Waals surface area contributed by atoms with Gasteiger partial charge in [0.15, 0.2) is 0 Å². The summed E-state index contributed by atoms with van der Waals surface area (Å²) in [5.41, 5.74) is 1.47. The van der Waals surface area contributed by atoms with Crippen LogP contribution in [0.2, 0.25) is 0 Å². The molecule has 0 bridgehead atoms. The molecule has 3 atom stereocenters. The third kappa shape index (κ3) is 9.05. The highest BCUT2D eigenvalue weighted by Crippen LogP contribution is 2.42. The standard InChI is InChI=1S/C41H50N6O7S/c1-5-47(6-2,7-3)29-35-28-45(44-43-35)24-17-25-55(50,51)54-36-26-38(46-27-31(4)39(48)42-40(46)49)53-37(36)30-52-41(32-18-11-8-12-19-32,33-20-13-9-14-21-33)34-22-15-10-16-23-34/h8-16,18-23,27-28,36-38H,5-7,17,24-26,29-30H2,1-4H3/p+1/t36-,37-,38-/m1/s1. The minimum absolute atomic E-state index is 0.0202. The van der Waals surface area contributed by atoms with E-state index in [1.54, 1.807) is 11.6 Å². The van der Waals surface area contributed by atoms with Crippen LogP contribution in [-0.4, -0.2) is 81.6 Å². The zero-order valence-electron chi connectivity index (χ0n) is 31.9. The maximum atomic E-state index is 13.6. The molecule has 0 spiro atoms. The number of rotatable bonds is 18. The van der Waals surface area contributed by atoms with Crippen molar-refractivity contribution >= 4 is 10.1 Å². The first-order valence-electron chi connectivity index (χ1n) is 18.9. The number of hydrogen-bond acceptors (Lipinski definition) is 9. The van der Waals surface area contributed by atoms with Gasteiger partial charge in [-0.3, -0.25) is 23.2 Å². The Kier molecular flexibility index (Phi) is 12.6. The molecule has 1 fully saturated rings. The van der Waals surface area contributed by atoms with Crippen molar-refractivity contribution in [3.8, 4) is 0 Å². The number of aromatic nitrogens is 5. The van der Waals surface area contributed by atoms with Crippen LogP contribution in [0.4, 0.5) is 0 Å². The van der Waals surface area contributed by atoms with E-state index >= 15 is 0 Å². The van der Waals surface area contributed by atoms with E-state index in [2.05, 4.69) is 36.1 Å². The molecule has 1 aliphatic rings. The van der Waals surface area contributed by atoms with Crippen LogP contribution in [-0.2, 0) is 42.5 Å². The molecule has 6 rings (SSSR count). The predicted molar refractivity (Wildman–Crippen MR) is 209 cm³/mol. The van der Waals surface area contributed by atoms with Gasteiger partial charge in [0.1, 0.15) is 36.3 Å². The molecule has 0 unspecified atom stereocenters. The van der Waals surface area contributed by atoms with Crippen LogP contribution in [0.15, 0.2) is 113 Å². The summed E-state index contributed by atoms with van der Waals surface area (Å²) in [6, 6.07) is 29.4. The highest BCUT2D eigenvalue weighted by molar-refractivity contribution is 7.86. The smallest absolute Gasteiger partial charge is 0.330 e. The van der Waals surface area contributed by atoms with Crippen molar-refractivity contribution < 1.29 is 26.6 Å². The van der Waals surface area contributed by atoms with Crippen LogP contribution in [0.3, 0.4) is 0 Å². The lowest BCUT2D eigenvalue weighted by Crippen LogP contribution is -2.46. The summed E-state index contributed by atoms with van der Waals surface area (Å²) in [5.74, 6) is -0.268. The number of aromatic amines is 1. The van der Waals surface area contributed by atoms with Gasteiger partial charge in [0.05, 0.1) is 38.2 Å². The molecule has 0 radical (unpaired) electrons. The van der Waals surface area contributed by atoms with Crippen LogP contribution < -0.4 is 11.2 Å². The van der Waals surface area contributed by atoms with Gasteiger partial charge in [0.25, 0.3) is 15.7 Å². The van der Waals surface area contributed by atoms with E-state index in [1.165, 1.54) is 10.8 Å². The fraction of sp³-hybridized carbons (Fsp3) is 0.415. The Morgan fingerprint density at radius 3 is 1.98 bits per heavy atom. The highest BCUT2D eigenvalue weighted by atomic mass is 32.2. The van der Waals surface area contributed by atoms with E-state index in [-0.39, 0.29) is 25.2 Å². The van der Waals surface area contributed by atoms with Crippen LogP contribution in [0.25, 0.3) is 0 Å². The second kappa shape index (κ2) is 17.4. The first-order valence-corrected chi connectivity index (χ1v) is 20.5. The zero-order valence-corrected chi connectivity index (χ0v) is 32.7. The van der Waals surface area contributed by atoms with Crippen molar-refractivity contribution in [2.45, 2.75) is 77.7 Å². The first kappa shape index (κ1) is 39.9. The van der Waals surface area contributed by atoms with Gasteiger partial charge in [-0.15, -0.1) is 5.10 Å².